The second kappa shape index (κ2) is 21.3. The van der Waals surface area contributed by atoms with Gasteiger partial charge in [-0.1, -0.05) is 121 Å². The number of hydrogen-bond donors (Lipinski definition) is 5. The molecule has 12 nitrogen and oxygen atoms in total. The molecule has 69 heavy (non-hydrogen) atoms. The van der Waals surface area contributed by atoms with Crippen molar-refractivity contribution in [2.45, 2.75) is 112 Å². The average Bonchev–Trinajstić information content (AvgIpc) is 4.16. The lowest BCUT2D eigenvalue weighted by atomic mass is 10.1. The van der Waals surface area contributed by atoms with Gasteiger partial charge in [0.2, 0.25) is 17.7 Å². The van der Waals surface area contributed by atoms with Crippen molar-refractivity contribution in [1.29, 1.82) is 0 Å². The summed E-state index contributed by atoms with van der Waals surface area (Å²) in [6.45, 7) is 2.27. The average molecular weight is 929 g/mol. The molecule has 0 aromatic heterocycles. The molecule has 0 heterocycles. The van der Waals surface area contributed by atoms with Crippen LogP contribution in [-0.4, -0.2) is 101 Å². The van der Waals surface area contributed by atoms with Gasteiger partial charge in [0.05, 0.1) is 0 Å². The number of aliphatic hydroxyl groups is 1. The summed E-state index contributed by atoms with van der Waals surface area (Å²) in [6.07, 6.45) is 3.96. The van der Waals surface area contributed by atoms with E-state index in [1.165, 1.54) is 22.3 Å². The summed E-state index contributed by atoms with van der Waals surface area (Å²) in [5, 5.41) is 24.3. The van der Waals surface area contributed by atoms with E-state index in [9.17, 15) is 29.1 Å². The van der Waals surface area contributed by atoms with E-state index in [1.54, 1.807) is 41.0 Å². The summed E-state index contributed by atoms with van der Waals surface area (Å²) in [5.74, 6) is -0.0269. The lowest BCUT2D eigenvalue weighted by Crippen LogP contribution is -2.47. The minimum Gasteiger partial charge on any atom is -0.376 e. The molecular formula is C57H64N6O6. The normalized spacial score (nSPS) is 23.6. The van der Waals surface area contributed by atoms with Gasteiger partial charge >= 0.3 is 0 Å². The number of hydrogen-bond acceptors (Lipinski definition) is 7. The van der Waals surface area contributed by atoms with E-state index in [0.29, 0.717) is 17.0 Å². The summed E-state index contributed by atoms with van der Waals surface area (Å²) in [5.41, 5.74) is 4.16. The molecule has 0 aliphatic heterocycles. The van der Waals surface area contributed by atoms with Crippen LogP contribution in [0, 0.1) is 0 Å². The van der Waals surface area contributed by atoms with Crippen LogP contribution in [-0.2, 0) is 14.4 Å². The largest absolute Gasteiger partial charge is 0.376 e. The van der Waals surface area contributed by atoms with Gasteiger partial charge in [-0.15, -0.1) is 0 Å². The monoisotopic (exact) mass is 928 g/mol. The van der Waals surface area contributed by atoms with E-state index in [1.807, 2.05) is 72.8 Å². The van der Waals surface area contributed by atoms with Crippen LogP contribution in [0.15, 0.2) is 146 Å². The second-order valence-electron chi connectivity index (χ2n) is 19.7. The third kappa shape index (κ3) is 12.9. The predicted octanol–water partition coefficient (Wildman–Crippen LogP) is 7.00. The third-order valence-corrected chi connectivity index (χ3v) is 14.3. The van der Waals surface area contributed by atoms with E-state index >= 15 is 0 Å². The second-order valence-corrected chi connectivity index (χ2v) is 19.7. The van der Waals surface area contributed by atoms with E-state index < -0.39 is 5.72 Å². The molecule has 1 unspecified atom stereocenters. The lowest BCUT2D eigenvalue weighted by molar-refractivity contribution is -0.122. The van der Waals surface area contributed by atoms with Gasteiger partial charge < -0.3 is 30.9 Å². The highest BCUT2D eigenvalue weighted by Crippen LogP contribution is 2.43. The van der Waals surface area contributed by atoms with Crippen molar-refractivity contribution in [3.8, 4) is 0 Å². The van der Waals surface area contributed by atoms with E-state index in [-0.39, 0.29) is 123 Å². The van der Waals surface area contributed by atoms with Crippen LogP contribution in [0.25, 0.3) is 0 Å². The Morgan fingerprint density at radius 2 is 0.739 bits per heavy atom. The molecule has 4 fully saturated rings. The first-order valence-electron chi connectivity index (χ1n) is 24.7. The molecule has 0 bridgehead atoms. The van der Waals surface area contributed by atoms with E-state index in [2.05, 4.69) is 69.8 Å². The first kappa shape index (κ1) is 47.4. The van der Waals surface area contributed by atoms with Crippen molar-refractivity contribution >= 4 is 29.5 Å². The molecule has 5 amide bonds. The Balaban J connectivity index is 0.834. The highest BCUT2D eigenvalue weighted by molar-refractivity contribution is 5.98. The minimum absolute atomic E-state index is 0.0442. The Morgan fingerprint density at radius 1 is 0.449 bits per heavy atom. The van der Waals surface area contributed by atoms with Crippen LogP contribution in [0.4, 0.5) is 0 Å². The number of amides is 5. The molecule has 5 aromatic rings. The maximum Gasteiger partial charge on any atom is 0.253 e. The summed E-state index contributed by atoms with van der Waals surface area (Å²) in [4.78, 5) is 71.4. The number of carbonyl (C=O) groups excluding carboxylic acids is 5. The SMILES string of the molecule is CC(O)(CCN(CCC(=O)N[C@H]1C[C@@H]1c1ccccc1)C(=O)c1ccc(C(=O)N(CCC(=O)N[C@H]2C[C@@H]2c2ccccc2)CCC(=O)N[C@H]2C[C@@H]2c2ccccc2)cc1)N[C@H]1C[C@@H]1c1ccccc1. The predicted molar refractivity (Wildman–Crippen MR) is 265 cm³/mol. The first-order chi connectivity index (χ1) is 33.5. The quantitative estimate of drug-likeness (QED) is 0.0441. The van der Waals surface area contributed by atoms with Crippen LogP contribution in [0.1, 0.15) is 125 Å². The summed E-state index contributed by atoms with van der Waals surface area (Å²) >= 11 is 0. The number of benzene rings is 5. The Bertz CT molecular complexity index is 2490. The number of carbonyl (C=O) groups is 5. The standard InChI is InChI=1S/C57H64N6O6/c1-57(69,61-51-37-47(51)41-20-12-5-13-21-41)29-33-63(32-28-54(66)60-50-36-46(50)40-18-10-4-11-19-40)56(68)43-24-22-42(23-25-43)55(67)62(30-26-52(64)58-48-34-44(48)38-14-6-2-7-15-38)31-27-53(65)59-49-35-45(49)39-16-8-3-9-17-39/h2-25,44-51,61,69H,26-37H2,1H3,(H,58,64)(H,59,65)(H,60,66)/t44-,45-,46-,47-,48+,49+,50+,51+,57?/m1/s1. The molecule has 4 saturated carbocycles. The summed E-state index contributed by atoms with van der Waals surface area (Å²) < 4.78 is 0. The molecule has 4 aliphatic rings. The lowest BCUT2D eigenvalue weighted by Gasteiger charge is -2.30. The molecule has 9 atom stereocenters. The molecular weight excluding hydrogens is 865 g/mol. The van der Waals surface area contributed by atoms with Crippen molar-refractivity contribution in [3.63, 3.8) is 0 Å². The molecule has 358 valence electrons. The molecule has 0 saturated heterocycles. The van der Waals surface area contributed by atoms with Gasteiger partial charge in [-0.2, -0.15) is 0 Å². The van der Waals surface area contributed by atoms with E-state index in [0.717, 1.165) is 25.7 Å². The van der Waals surface area contributed by atoms with E-state index in [4.69, 9.17) is 0 Å². The smallest absolute Gasteiger partial charge is 0.253 e. The third-order valence-electron chi connectivity index (χ3n) is 14.3. The maximum absolute atomic E-state index is 14.3. The van der Waals surface area contributed by atoms with Gasteiger partial charge in [-0.25, -0.2) is 0 Å². The van der Waals surface area contributed by atoms with Crippen LogP contribution < -0.4 is 21.3 Å². The summed E-state index contributed by atoms with van der Waals surface area (Å²) in [6, 6.07) is 47.2. The number of nitrogens with zero attached hydrogens (tertiary/aromatic N) is 2. The molecule has 0 spiro atoms. The molecule has 5 aromatic carbocycles. The van der Waals surface area contributed by atoms with Crippen molar-refractivity contribution < 1.29 is 29.1 Å². The van der Waals surface area contributed by atoms with Gasteiger partial charge in [0.1, 0.15) is 5.72 Å². The number of rotatable bonds is 23. The Labute approximate surface area is 405 Å². The number of nitrogens with one attached hydrogen (secondary N) is 4. The highest BCUT2D eigenvalue weighted by Gasteiger charge is 2.43. The van der Waals surface area contributed by atoms with Gasteiger partial charge in [0.15, 0.2) is 0 Å². The van der Waals surface area contributed by atoms with Crippen LogP contribution in [0.3, 0.4) is 0 Å². The first-order valence-corrected chi connectivity index (χ1v) is 24.7. The van der Waals surface area contributed by atoms with Crippen molar-refractivity contribution in [2.75, 3.05) is 26.2 Å². The van der Waals surface area contributed by atoms with Crippen molar-refractivity contribution in [1.82, 2.24) is 31.1 Å². The summed E-state index contributed by atoms with van der Waals surface area (Å²) in [7, 11) is 0. The zero-order chi connectivity index (χ0) is 47.9. The van der Waals surface area contributed by atoms with Crippen LogP contribution in [0.2, 0.25) is 0 Å². The van der Waals surface area contributed by atoms with Crippen LogP contribution in [0.5, 0.6) is 0 Å². The molecule has 5 N–H and O–H groups in total. The molecule has 0 radical (unpaired) electrons. The fourth-order valence-electron chi connectivity index (χ4n) is 9.81. The van der Waals surface area contributed by atoms with Gasteiger partial charge in [-0.05, 0) is 79.1 Å². The van der Waals surface area contributed by atoms with Crippen molar-refractivity contribution in [2.24, 2.45) is 0 Å². The van der Waals surface area contributed by atoms with Gasteiger partial charge in [0.25, 0.3) is 11.8 Å². The fraction of sp³-hybridized carbons (Fsp3) is 0.386. The minimum atomic E-state index is -1.27. The maximum atomic E-state index is 14.3. The Kier molecular flexibility index (Phi) is 14.7. The zero-order valence-electron chi connectivity index (χ0n) is 39.3. The topological polar surface area (TPSA) is 160 Å². The van der Waals surface area contributed by atoms with Crippen molar-refractivity contribution in [3.05, 3.63) is 179 Å². The van der Waals surface area contributed by atoms with Crippen LogP contribution >= 0.6 is 0 Å². The fourth-order valence-corrected chi connectivity index (χ4v) is 9.81. The molecule has 9 rings (SSSR count). The Morgan fingerprint density at radius 3 is 1.07 bits per heavy atom. The Hall–Kier alpha value is -6.63. The highest BCUT2D eigenvalue weighted by atomic mass is 16.3. The van der Waals surface area contributed by atoms with Gasteiger partial charge in [-0.3, -0.25) is 29.3 Å². The zero-order valence-corrected chi connectivity index (χ0v) is 39.3. The molecule has 12 heteroatoms. The molecule has 4 aliphatic carbocycles. The van der Waals surface area contributed by atoms with Gasteiger partial charge in [0, 0.05) is 111 Å².